The van der Waals surface area contributed by atoms with Crippen LogP contribution in [-0.2, 0) is 0 Å². The van der Waals surface area contributed by atoms with Crippen LogP contribution >= 0.6 is 0 Å². The van der Waals surface area contributed by atoms with Crippen molar-refractivity contribution >= 4 is 10.9 Å². The number of benzene rings is 2. The molecule has 1 atom stereocenters. The van der Waals surface area contributed by atoms with Gasteiger partial charge in [0.15, 0.2) is 0 Å². The second-order valence-electron chi connectivity index (χ2n) is 5.87. The Bertz CT molecular complexity index is 791. The van der Waals surface area contributed by atoms with Crippen molar-refractivity contribution in [2.75, 3.05) is 21.2 Å². The molecular weight excluding hydrogens is 288 g/mol. The van der Waals surface area contributed by atoms with Gasteiger partial charge in [-0.1, -0.05) is 0 Å². The van der Waals surface area contributed by atoms with E-state index < -0.39 is 0 Å². The molecule has 0 saturated heterocycles. The number of nitrogens with one attached hydrogen (secondary N) is 1. The van der Waals surface area contributed by atoms with E-state index in [9.17, 15) is 0 Å². The van der Waals surface area contributed by atoms with Crippen LogP contribution in [0.4, 0.5) is 0 Å². The van der Waals surface area contributed by atoms with E-state index in [0.717, 1.165) is 22.8 Å². The maximum atomic E-state index is 5.97. The lowest BCUT2D eigenvalue weighted by molar-refractivity contribution is 0.323. The van der Waals surface area contributed by atoms with Crippen molar-refractivity contribution < 1.29 is 9.47 Å². The zero-order valence-corrected chi connectivity index (χ0v) is 14.0. The molecule has 3 rings (SSSR count). The number of rotatable bonds is 5. The van der Waals surface area contributed by atoms with Crippen LogP contribution in [0.15, 0.2) is 48.7 Å². The highest BCUT2D eigenvalue weighted by Crippen LogP contribution is 2.31. The fourth-order valence-electron chi connectivity index (χ4n) is 2.59. The smallest absolute Gasteiger partial charge is 0.128 e. The number of nitrogens with zero attached hydrogens (tertiary/aromatic N) is 1. The Kier molecular flexibility index (Phi) is 4.26. The van der Waals surface area contributed by atoms with Gasteiger partial charge in [-0.3, -0.25) is 0 Å². The zero-order valence-electron chi connectivity index (χ0n) is 14.0. The standard InChI is InChI=1S/C19H22N2O2/c1-13(21(2)3)18-12-20-19-10-9-16(11-17(18)19)23-15-7-5-14(22-4)6-8-15/h5-13,20H,1-4H3. The van der Waals surface area contributed by atoms with E-state index in [1.165, 1.54) is 10.9 Å². The van der Waals surface area contributed by atoms with Gasteiger partial charge in [0, 0.05) is 23.1 Å². The van der Waals surface area contributed by atoms with Crippen molar-refractivity contribution in [2.45, 2.75) is 13.0 Å². The molecule has 3 aromatic rings. The normalized spacial score (nSPS) is 12.6. The van der Waals surface area contributed by atoms with E-state index in [2.05, 4.69) is 49.2 Å². The largest absolute Gasteiger partial charge is 0.497 e. The maximum Gasteiger partial charge on any atom is 0.128 e. The molecule has 0 radical (unpaired) electrons. The van der Waals surface area contributed by atoms with Crippen LogP contribution in [0.2, 0.25) is 0 Å². The lowest BCUT2D eigenvalue weighted by Gasteiger charge is -2.19. The fourth-order valence-corrected chi connectivity index (χ4v) is 2.59. The second kappa shape index (κ2) is 6.34. The van der Waals surface area contributed by atoms with Crippen molar-refractivity contribution in [1.29, 1.82) is 0 Å². The number of hydrogen-bond donors (Lipinski definition) is 1. The fraction of sp³-hybridized carbons (Fsp3) is 0.263. The molecule has 0 aliphatic heterocycles. The first-order valence-electron chi connectivity index (χ1n) is 7.68. The van der Waals surface area contributed by atoms with Gasteiger partial charge in [0.2, 0.25) is 0 Å². The summed E-state index contributed by atoms with van der Waals surface area (Å²) in [6, 6.07) is 14.1. The Morgan fingerprint density at radius 3 is 2.26 bits per heavy atom. The zero-order chi connectivity index (χ0) is 16.4. The lowest BCUT2D eigenvalue weighted by Crippen LogP contribution is -2.16. The van der Waals surface area contributed by atoms with Gasteiger partial charge in [-0.15, -0.1) is 0 Å². The summed E-state index contributed by atoms with van der Waals surface area (Å²) in [7, 11) is 5.82. The van der Waals surface area contributed by atoms with E-state index in [0.29, 0.717) is 6.04 Å². The molecule has 0 aliphatic rings. The molecule has 4 heteroatoms. The molecule has 0 aliphatic carbocycles. The monoisotopic (exact) mass is 310 g/mol. The summed E-state index contributed by atoms with van der Waals surface area (Å²) in [5.74, 6) is 2.44. The third-order valence-electron chi connectivity index (χ3n) is 4.21. The first kappa shape index (κ1) is 15.4. The summed E-state index contributed by atoms with van der Waals surface area (Å²) >= 11 is 0. The van der Waals surface area contributed by atoms with Gasteiger partial charge >= 0.3 is 0 Å². The average molecular weight is 310 g/mol. The van der Waals surface area contributed by atoms with Crippen LogP contribution in [0.25, 0.3) is 10.9 Å². The van der Waals surface area contributed by atoms with Crippen LogP contribution < -0.4 is 9.47 Å². The third-order valence-corrected chi connectivity index (χ3v) is 4.21. The van der Waals surface area contributed by atoms with Crippen molar-refractivity contribution in [1.82, 2.24) is 9.88 Å². The minimum Gasteiger partial charge on any atom is -0.497 e. The predicted molar refractivity (Wildman–Crippen MR) is 93.5 cm³/mol. The number of hydrogen-bond acceptors (Lipinski definition) is 3. The Labute approximate surface area is 136 Å². The van der Waals surface area contributed by atoms with Crippen LogP contribution in [0, 0.1) is 0 Å². The van der Waals surface area contributed by atoms with Crippen LogP contribution in [0.1, 0.15) is 18.5 Å². The highest BCUT2D eigenvalue weighted by molar-refractivity contribution is 5.85. The van der Waals surface area contributed by atoms with Gasteiger partial charge in [-0.25, -0.2) is 0 Å². The highest BCUT2D eigenvalue weighted by atomic mass is 16.5. The average Bonchev–Trinajstić information content (AvgIpc) is 2.98. The van der Waals surface area contributed by atoms with E-state index in [1.54, 1.807) is 7.11 Å². The molecule has 0 saturated carbocycles. The summed E-state index contributed by atoms with van der Waals surface area (Å²) in [6.45, 7) is 2.19. The van der Waals surface area contributed by atoms with Gasteiger partial charge in [-0.2, -0.15) is 0 Å². The van der Waals surface area contributed by atoms with Gasteiger partial charge in [0.05, 0.1) is 7.11 Å². The van der Waals surface area contributed by atoms with Crippen molar-refractivity contribution in [2.24, 2.45) is 0 Å². The van der Waals surface area contributed by atoms with Crippen molar-refractivity contribution in [3.8, 4) is 17.2 Å². The molecule has 120 valence electrons. The summed E-state index contributed by atoms with van der Waals surface area (Å²) < 4.78 is 11.1. The first-order valence-corrected chi connectivity index (χ1v) is 7.68. The summed E-state index contributed by atoms with van der Waals surface area (Å²) in [5, 5.41) is 1.19. The molecule has 0 bridgehead atoms. The van der Waals surface area contributed by atoms with Gasteiger partial charge < -0.3 is 19.4 Å². The predicted octanol–water partition coefficient (Wildman–Crippen LogP) is 4.59. The van der Waals surface area contributed by atoms with E-state index in [1.807, 2.05) is 30.3 Å². The maximum absolute atomic E-state index is 5.97. The molecule has 4 nitrogen and oxygen atoms in total. The van der Waals surface area contributed by atoms with Gasteiger partial charge in [-0.05, 0) is 69.0 Å². The molecule has 1 N–H and O–H groups in total. The number of H-pyrrole nitrogens is 1. The molecule has 2 aromatic carbocycles. The topological polar surface area (TPSA) is 37.5 Å². The number of ether oxygens (including phenoxy) is 2. The Balaban J connectivity index is 1.90. The van der Waals surface area contributed by atoms with Crippen LogP contribution in [-0.4, -0.2) is 31.1 Å². The first-order chi connectivity index (χ1) is 11.1. The summed E-state index contributed by atoms with van der Waals surface area (Å²) in [5.41, 5.74) is 2.39. The minimum atomic E-state index is 0.333. The molecular formula is C19H22N2O2. The van der Waals surface area contributed by atoms with Gasteiger partial charge in [0.25, 0.3) is 0 Å². The van der Waals surface area contributed by atoms with E-state index in [4.69, 9.17) is 9.47 Å². The number of aromatic nitrogens is 1. The third kappa shape index (κ3) is 3.17. The molecule has 23 heavy (non-hydrogen) atoms. The molecule has 0 amide bonds. The summed E-state index contributed by atoms with van der Waals surface area (Å²) in [4.78, 5) is 5.53. The molecule has 1 aromatic heterocycles. The van der Waals surface area contributed by atoms with Crippen LogP contribution in [0.5, 0.6) is 17.2 Å². The Morgan fingerprint density at radius 2 is 1.61 bits per heavy atom. The molecule has 0 spiro atoms. The quantitative estimate of drug-likeness (QED) is 0.749. The lowest BCUT2D eigenvalue weighted by atomic mass is 10.1. The number of aromatic amines is 1. The van der Waals surface area contributed by atoms with Gasteiger partial charge in [0.1, 0.15) is 17.2 Å². The highest BCUT2D eigenvalue weighted by Gasteiger charge is 2.13. The molecule has 1 heterocycles. The number of fused-ring (bicyclic) bond motifs is 1. The Hall–Kier alpha value is -2.46. The second-order valence-corrected chi connectivity index (χ2v) is 5.87. The molecule has 1 unspecified atom stereocenters. The summed E-state index contributed by atoms with van der Waals surface area (Å²) in [6.07, 6.45) is 2.08. The van der Waals surface area contributed by atoms with Crippen molar-refractivity contribution in [3.05, 3.63) is 54.2 Å². The Morgan fingerprint density at radius 1 is 0.957 bits per heavy atom. The minimum absolute atomic E-state index is 0.333. The van der Waals surface area contributed by atoms with E-state index >= 15 is 0 Å². The number of methoxy groups -OCH3 is 1. The van der Waals surface area contributed by atoms with E-state index in [-0.39, 0.29) is 0 Å². The van der Waals surface area contributed by atoms with Crippen molar-refractivity contribution in [3.63, 3.8) is 0 Å². The van der Waals surface area contributed by atoms with Crippen LogP contribution in [0.3, 0.4) is 0 Å². The molecule has 0 fully saturated rings. The SMILES string of the molecule is COc1ccc(Oc2ccc3[nH]cc(C(C)N(C)C)c3c2)cc1.